The first-order chi connectivity index (χ1) is 9.42. The van der Waals surface area contributed by atoms with Gasteiger partial charge in [0.25, 0.3) is 0 Å². The molecule has 1 aliphatic rings. The topological polar surface area (TPSA) is 17.8 Å². The van der Waals surface area contributed by atoms with E-state index in [9.17, 15) is 0 Å². The number of aromatic nitrogens is 2. The average Bonchev–Trinajstić information content (AvgIpc) is 2.93. The first kappa shape index (κ1) is 10.6. The minimum Gasteiger partial charge on any atom is -0.264 e. The molecule has 0 N–H and O–H groups in total. The standard InChI is InChI=1S/C17H14N2/c1-2-7-14(8-3-1)16-12-17-15-9-5-4-6-13(15)10-11-19(17)18-16/h1-9,12H,10-11H2. The van der Waals surface area contributed by atoms with Gasteiger partial charge in [-0.3, -0.25) is 4.68 Å². The van der Waals surface area contributed by atoms with Crippen molar-refractivity contribution in [3.05, 3.63) is 66.2 Å². The van der Waals surface area contributed by atoms with Gasteiger partial charge in [0.15, 0.2) is 0 Å². The molecule has 1 aliphatic heterocycles. The summed E-state index contributed by atoms with van der Waals surface area (Å²) in [6, 6.07) is 21.2. The van der Waals surface area contributed by atoms with E-state index in [1.54, 1.807) is 0 Å². The van der Waals surface area contributed by atoms with Crippen LogP contribution in [-0.2, 0) is 13.0 Å². The van der Waals surface area contributed by atoms with Gasteiger partial charge in [0.1, 0.15) is 0 Å². The summed E-state index contributed by atoms with van der Waals surface area (Å²) < 4.78 is 2.13. The fourth-order valence-corrected chi connectivity index (χ4v) is 2.77. The summed E-state index contributed by atoms with van der Waals surface area (Å²) >= 11 is 0. The molecule has 4 rings (SSSR count). The van der Waals surface area contributed by atoms with Crippen LogP contribution in [0, 0.1) is 0 Å². The average molecular weight is 246 g/mol. The maximum Gasteiger partial charge on any atom is 0.0929 e. The molecule has 2 heterocycles. The van der Waals surface area contributed by atoms with E-state index in [-0.39, 0.29) is 0 Å². The molecule has 1 aromatic heterocycles. The molecule has 0 bridgehead atoms. The molecule has 3 aromatic rings. The van der Waals surface area contributed by atoms with Crippen LogP contribution in [0.1, 0.15) is 5.56 Å². The molecule has 0 radical (unpaired) electrons. The molecule has 0 saturated heterocycles. The maximum atomic E-state index is 4.74. The fraction of sp³-hybridized carbons (Fsp3) is 0.118. The molecule has 92 valence electrons. The van der Waals surface area contributed by atoms with Crippen molar-refractivity contribution < 1.29 is 0 Å². The van der Waals surface area contributed by atoms with Crippen LogP contribution in [0.15, 0.2) is 60.7 Å². The van der Waals surface area contributed by atoms with Crippen LogP contribution in [0.2, 0.25) is 0 Å². The van der Waals surface area contributed by atoms with Crippen molar-refractivity contribution in [2.75, 3.05) is 0 Å². The first-order valence-electron chi connectivity index (χ1n) is 6.63. The van der Waals surface area contributed by atoms with Crippen molar-refractivity contribution in [2.24, 2.45) is 0 Å². The Morgan fingerprint density at radius 2 is 1.68 bits per heavy atom. The lowest BCUT2D eigenvalue weighted by Crippen LogP contribution is -2.11. The van der Waals surface area contributed by atoms with Crippen molar-refractivity contribution >= 4 is 0 Å². The molecule has 0 amide bonds. The van der Waals surface area contributed by atoms with E-state index < -0.39 is 0 Å². The van der Waals surface area contributed by atoms with E-state index in [4.69, 9.17) is 5.10 Å². The zero-order valence-electron chi connectivity index (χ0n) is 10.6. The van der Waals surface area contributed by atoms with Crippen LogP contribution in [0.25, 0.3) is 22.5 Å². The minimum absolute atomic E-state index is 0.971. The molecule has 0 fully saturated rings. The van der Waals surface area contributed by atoms with Crippen molar-refractivity contribution in [3.63, 3.8) is 0 Å². The van der Waals surface area contributed by atoms with E-state index >= 15 is 0 Å². The van der Waals surface area contributed by atoms with Gasteiger partial charge < -0.3 is 0 Å². The van der Waals surface area contributed by atoms with Gasteiger partial charge in [-0.05, 0) is 18.1 Å². The summed E-state index contributed by atoms with van der Waals surface area (Å²) in [5.74, 6) is 0. The Labute approximate surface area is 112 Å². The summed E-state index contributed by atoms with van der Waals surface area (Å²) in [6.45, 7) is 0.971. The summed E-state index contributed by atoms with van der Waals surface area (Å²) in [7, 11) is 0. The van der Waals surface area contributed by atoms with Crippen molar-refractivity contribution in [2.45, 2.75) is 13.0 Å². The van der Waals surface area contributed by atoms with Crippen LogP contribution in [0.3, 0.4) is 0 Å². The normalized spacial score (nSPS) is 12.8. The first-order valence-corrected chi connectivity index (χ1v) is 6.63. The lowest BCUT2D eigenvalue weighted by molar-refractivity contribution is 0.609. The van der Waals surface area contributed by atoms with E-state index in [1.165, 1.54) is 22.4 Å². The van der Waals surface area contributed by atoms with E-state index in [0.29, 0.717) is 0 Å². The molecule has 2 heteroatoms. The van der Waals surface area contributed by atoms with Gasteiger partial charge in [0.05, 0.1) is 11.4 Å². The highest BCUT2D eigenvalue weighted by Gasteiger charge is 2.18. The smallest absolute Gasteiger partial charge is 0.0929 e. The monoisotopic (exact) mass is 246 g/mol. The Bertz CT molecular complexity index is 726. The lowest BCUT2D eigenvalue weighted by Gasteiger charge is -2.17. The number of fused-ring (bicyclic) bond motifs is 3. The van der Waals surface area contributed by atoms with Crippen LogP contribution >= 0.6 is 0 Å². The minimum atomic E-state index is 0.971. The van der Waals surface area contributed by atoms with Crippen LogP contribution in [0.5, 0.6) is 0 Å². The largest absolute Gasteiger partial charge is 0.264 e. The summed E-state index contributed by atoms with van der Waals surface area (Å²) in [6.07, 6.45) is 1.07. The molecule has 0 spiro atoms. The fourth-order valence-electron chi connectivity index (χ4n) is 2.77. The molecule has 0 saturated carbocycles. The van der Waals surface area contributed by atoms with Crippen molar-refractivity contribution in [1.29, 1.82) is 0 Å². The number of hydrogen-bond acceptors (Lipinski definition) is 1. The second-order valence-electron chi connectivity index (χ2n) is 4.91. The molecule has 2 nitrogen and oxygen atoms in total. The number of hydrogen-bond donors (Lipinski definition) is 0. The molecular formula is C17H14N2. The third kappa shape index (κ3) is 1.68. The van der Waals surface area contributed by atoms with Gasteiger partial charge in [0.2, 0.25) is 0 Å². The van der Waals surface area contributed by atoms with Gasteiger partial charge in [-0.15, -0.1) is 0 Å². The molecule has 0 unspecified atom stereocenters. The number of rotatable bonds is 1. The maximum absolute atomic E-state index is 4.74. The second kappa shape index (κ2) is 4.09. The SMILES string of the molecule is c1ccc(-c2cc3n(n2)CCc2ccccc2-3)cc1. The lowest BCUT2D eigenvalue weighted by atomic mass is 9.98. The quantitative estimate of drug-likeness (QED) is 0.639. The third-order valence-electron chi connectivity index (χ3n) is 3.74. The zero-order valence-corrected chi connectivity index (χ0v) is 10.6. The molecule has 0 atom stereocenters. The predicted molar refractivity (Wildman–Crippen MR) is 76.8 cm³/mol. The van der Waals surface area contributed by atoms with Crippen LogP contribution < -0.4 is 0 Å². The van der Waals surface area contributed by atoms with E-state index in [2.05, 4.69) is 59.3 Å². The van der Waals surface area contributed by atoms with Crippen LogP contribution in [-0.4, -0.2) is 9.78 Å². The summed E-state index contributed by atoms with van der Waals surface area (Å²) in [5, 5.41) is 4.74. The number of aryl methyl sites for hydroxylation is 2. The van der Waals surface area contributed by atoms with Gasteiger partial charge in [-0.2, -0.15) is 5.10 Å². The predicted octanol–water partition coefficient (Wildman–Crippen LogP) is 3.77. The highest BCUT2D eigenvalue weighted by molar-refractivity contribution is 5.71. The molecule has 0 aliphatic carbocycles. The number of nitrogens with zero attached hydrogens (tertiary/aromatic N) is 2. The highest BCUT2D eigenvalue weighted by Crippen LogP contribution is 2.32. The van der Waals surface area contributed by atoms with E-state index in [1.807, 2.05) is 6.07 Å². The van der Waals surface area contributed by atoms with Crippen molar-refractivity contribution in [3.8, 4) is 22.5 Å². The highest BCUT2D eigenvalue weighted by atomic mass is 15.3. The third-order valence-corrected chi connectivity index (χ3v) is 3.74. The Morgan fingerprint density at radius 3 is 2.58 bits per heavy atom. The summed E-state index contributed by atoms with van der Waals surface area (Å²) in [5.41, 5.74) is 6.23. The van der Waals surface area contributed by atoms with Crippen molar-refractivity contribution in [1.82, 2.24) is 9.78 Å². The van der Waals surface area contributed by atoms with Crippen LogP contribution in [0.4, 0.5) is 0 Å². The molecule has 2 aromatic carbocycles. The molecular weight excluding hydrogens is 232 g/mol. The second-order valence-corrected chi connectivity index (χ2v) is 4.91. The molecule has 19 heavy (non-hydrogen) atoms. The Kier molecular flexibility index (Phi) is 2.27. The zero-order chi connectivity index (χ0) is 12.7. The van der Waals surface area contributed by atoms with Gasteiger partial charge >= 0.3 is 0 Å². The van der Waals surface area contributed by atoms with E-state index in [0.717, 1.165) is 18.7 Å². The van der Waals surface area contributed by atoms with Gasteiger partial charge in [-0.25, -0.2) is 0 Å². The number of benzene rings is 2. The van der Waals surface area contributed by atoms with Gasteiger partial charge in [0, 0.05) is 17.7 Å². The Morgan fingerprint density at radius 1 is 0.895 bits per heavy atom. The summed E-state index contributed by atoms with van der Waals surface area (Å²) in [4.78, 5) is 0. The Hall–Kier alpha value is -2.35. The van der Waals surface area contributed by atoms with Gasteiger partial charge in [-0.1, -0.05) is 54.6 Å². The Balaban J connectivity index is 1.88.